The number of benzene rings is 2. The van der Waals surface area contributed by atoms with Gasteiger partial charge in [-0.15, -0.1) is 0 Å². The Morgan fingerprint density at radius 1 is 1.29 bits per heavy atom. The molecule has 2 aromatic rings. The minimum Gasteiger partial charge on any atom is -0.306 e. The summed E-state index contributed by atoms with van der Waals surface area (Å²) in [5.41, 5.74) is 1.81. The van der Waals surface area contributed by atoms with E-state index in [-0.39, 0.29) is 17.5 Å². The predicted molar refractivity (Wildman–Crippen MR) is 82.5 cm³/mol. The van der Waals surface area contributed by atoms with Gasteiger partial charge in [-0.05, 0) is 46.1 Å². The molecule has 4 nitrogen and oxygen atoms in total. The zero-order valence-corrected chi connectivity index (χ0v) is 12.9. The first-order chi connectivity index (χ1) is 9.99. The summed E-state index contributed by atoms with van der Waals surface area (Å²) < 4.78 is 13.4. The molecule has 0 aliphatic heterocycles. The molecule has 0 heterocycles. The Morgan fingerprint density at radius 2 is 1.95 bits per heavy atom. The van der Waals surface area contributed by atoms with E-state index in [4.69, 9.17) is 0 Å². The second-order valence-corrected chi connectivity index (χ2v) is 5.45. The van der Waals surface area contributed by atoms with Crippen LogP contribution in [-0.2, 0) is 6.54 Å². The predicted octanol–water partition coefficient (Wildman–Crippen LogP) is 4.35. The molecule has 0 aromatic heterocycles. The summed E-state index contributed by atoms with van der Waals surface area (Å²) in [6.07, 6.45) is 0. The van der Waals surface area contributed by atoms with Gasteiger partial charge in [-0.25, -0.2) is 4.39 Å². The summed E-state index contributed by atoms with van der Waals surface area (Å²) in [5.74, 6) is -0.271. The van der Waals surface area contributed by atoms with Crippen LogP contribution in [0.3, 0.4) is 0 Å². The first kappa shape index (κ1) is 15.6. The number of hydrogen-bond acceptors (Lipinski definition) is 3. The summed E-state index contributed by atoms with van der Waals surface area (Å²) in [5, 5.41) is 14.2. The van der Waals surface area contributed by atoms with E-state index < -0.39 is 4.92 Å². The van der Waals surface area contributed by atoms with Crippen LogP contribution in [0, 0.1) is 15.9 Å². The van der Waals surface area contributed by atoms with E-state index in [0.717, 1.165) is 11.1 Å². The second kappa shape index (κ2) is 6.78. The lowest BCUT2D eigenvalue weighted by molar-refractivity contribution is -0.385. The van der Waals surface area contributed by atoms with Crippen molar-refractivity contribution < 1.29 is 9.31 Å². The Morgan fingerprint density at radius 3 is 2.57 bits per heavy atom. The van der Waals surface area contributed by atoms with E-state index >= 15 is 0 Å². The third-order valence-electron chi connectivity index (χ3n) is 3.22. The lowest BCUT2D eigenvalue weighted by atomic mass is 10.1. The summed E-state index contributed by atoms with van der Waals surface area (Å²) in [7, 11) is 0. The van der Waals surface area contributed by atoms with Crippen LogP contribution in [0.1, 0.15) is 24.1 Å². The lowest BCUT2D eigenvalue weighted by Gasteiger charge is -2.15. The van der Waals surface area contributed by atoms with Gasteiger partial charge in [0.15, 0.2) is 0 Å². The van der Waals surface area contributed by atoms with E-state index in [0.29, 0.717) is 11.0 Å². The van der Waals surface area contributed by atoms with E-state index in [1.807, 2.05) is 13.0 Å². The fourth-order valence-electron chi connectivity index (χ4n) is 1.98. The third kappa shape index (κ3) is 3.86. The van der Waals surface area contributed by atoms with Gasteiger partial charge in [0.2, 0.25) is 0 Å². The summed E-state index contributed by atoms with van der Waals surface area (Å²) in [6.45, 7) is 2.43. The van der Waals surface area contributed by atoms with Gasteiger partial charge in [0.25, 0.3) is 5.69 Å². The highest BCUT2D eigenvalue weighted by Gasteiger charge is 2.15. The zero-order chi connectivity index (χ0) is 15.4. The van der Waals surface area contributed by atoms with Gasteiger partial charge in [0.1, 0.15) is 5.82 Å². The van der Waals surface area contributed by atoms with Crippen LogP contribution in [0.4, 0.5) is 10.1 Å². The average Bonchev–Trinajstić information content (AvgIpc) is 2.46. The zero-order valence-electron chi connectivity index (χ0n) is 11.3. The van der Waals surface area contributed by atoms with Crippen molar-refractivity contribution in [3.63, 3.8) is 0 Å². The molecule has 2 rings (SSSR count). The molecule has 1 N–H and O–H groups in total. The normalized spacial score (nSPS) is 12.1. The molecule has 0 saturated heterocycles. The van der Waals surface area contributed by atoms with Gasteiger partial charge >= 0.3 is 0 Å². The molecule has 1 atom stereocenters. The molecule has 110 valence electrons. The quantitative estimate of drug-likeness (QED) is 0.642. The highest BCUT2D eigenvalue weighted by molar-refractivity contribution is 9.10. The van der Waals surface area contributed by atoms with Crippen LogP contribution in [-0.4, -0.2) is 4.92 Å². The Balaban J connectivity index is 2.08. The van der Waals surface area contributed by atoms with Crippen LogP contribution in [0.5, 0.6) is 0 Å². The van der Waals surface area contributed by atoms with Crippen LogP contribution < -0.4 is 5.32 Å². The summed E-state index contributed by atoms with van der Waals surface area (Å²) in [6, 6.07) is 11.2. The molecule has 0 spiro atoms. The molecule has 0 radical (unpaired) electrons. The second-order valence-electron chi connectivity index (χ2n) is 4.66. The SMILES string of the molecule is CC(NCc1cccc([N+](=O)[O-])c1Br)c1ccc(F)cc1. The first-order valence-corrected chi connectivity index (χ1v) is 7.19. The largest absolute Gasteiger partial charge is 0.306 e. The number of halogens is 2. The van der Waals surface area contributed by atoms with Crippen molar-refractivity contribution in [2.24, 2.45) is 0 Å². The van der Waals surface area contributed by atoms with E-state index in [9.17, 15) is 14.5 Å². The van der Waals surface area contributed by atoms with E-state index in [1.54, 1.807) is 18.2 Å². The average molecular weight is 353 g/mol. The van der Waals surface area contributed by atoms with Gasteiger partial charge in [0, 0.05) is 18.7 Å². The van der Waals surface area contributed by atoms with Crippen LogP contribution in [0.2, 0.25) is 0 Å². The number of nitro benzene ring substituents is 1. The van der Waals surface area contributed by atoms with Crippen LogP contribution in [0.15, 0.2) is 46.9 Å². The fraction of sp³-hybridized carbons (Fsp3) is 0.200. The molecule has 0 bridgehead atoms. The van der Waals surface area contributed by atoms with Crippen molar-refractivity contribution >= 4 is 21.6 Å². The number of hydrogen-bond donors (Lipinski definition) is 1. The van der Waals surface area contributed by atoms with Crippen molar-refractivity contribution in [3.8, 4) is 0 Å². The fourth-order valence-corrected chi connectivity index (χ4v) is 2.53. The standard InChI is InChI=1S/C15H14BrFN2O2/c1-10(11-5-7-13(17)8-6-11)18-9-12-3-2-4-14(15(12)16)19(20)21/h2-8,10,18H,9H2,1H3. The maximum Gasteiger partial charge on any atom is 0.283 e. The van der Waals surface area contributed by atoms with Gasteiger partial charge in [0.05, 0.1) is 9.40 Å². The number of rotatable bonds is 5. The highest BCUT2D eigenvalue weighted by atomic mass is 79.9. The first-order valence-electron chi connectivity index (χ1n) is 6.39. The van der Waals surface area contributed by atoms with Gasteiger partial charge in [-0.3, -0.25) is 10.1 Å². The summed E-state index contributed by atoms with van der Waals surface area (Å²) >= 11 is 3.27. The van der Waals surface area contributed by atoms with Crippen molar-refractivity contribution in [2.45, 2.75) is 19.5 Å². The minimum atomic E-state index is -0.420. The molecule has 2 aromatic carbocycles. The van der Waals surface area contributed by atoms with Gasteiger partial charge in [-0.1, -0.05) is 24.3 Å². The topological polar surface area (TPSA) is 55.2 Å². The molecular formula is C15H14BrFN2O2. The van der Waals surface area contributed by atoms with Crippen molar-refractivity contribution in [3.05, 3.63) is 74.0 Å². The molecule has 0 aliphatic carbocycles. The van der Waals surface area contributed by atoms with Crippen molar-refractivity contribution in [1.29, 1.82) is 0 Å². The molecule has 1 unspecified atom stereocenters. The molecule has 0 saturated carbocycles. The molecule has 0 fully saturated rings. The Kier molecular flexibility index (Phi) is 5.03. The third-order valence-corrected chi connectivity index (χ3v) is 4.14. The summed E-state index contributed by atoms with van der Waals surface area (Å²) in [4.78, 5) is 10.5. The lowest BCUT2D eigenvalue weighted by Crippen LogP contribution is -2.18. The van der Waals surface area contributed by atoms with E-state index in [2.05, 4.69) is 21.2 Å². The Hall–Kier alpha value is -1.79. The Bertz CT molecular complexity index is 647. The van der Waals surface area contributed by atoms with Crippen molar-refractivity contribution in [2.75, 3.05) is 0 Å². The van der Waals surface area contributed by atoms with Crippen molar-refractivity contribution in [1.82, 2.24) is 5.32 Å². The molecule has 21 heavy (non-hydrogen) atoms. The molecular weight excluding hydrogens is 339 g/mol. The molecule has 6 heteroatoms. The van der Waals surface area contributed by atoms with Gasteiger partial charge in [-0.2, -0.15) is 0 Å². The van der Waals surface area contributed by atoms with Crippen LogP contribution in [0.25, 0.3) is 0 Å². The maximum absolute atomic E-state index is 12.9. The van der Waals surface area contributed by atoms with Gasteiger partial charge < -0.3 is 5.32 Å². The number of nitrogens with one attached hydrogen (secondary N) is 1. The maximum atomic E-state index is 12.9. The molecule has 0 aliphatic rings. The number of nitrogens with zero attached hydrogens (tertiary/aromatic N) is 1. The van der Waals surface area contributed by atoms with E-state index in [1.165, 1.54) is 18.2 Å². The highest BCUT2D eigenvalue weighted by Crippen LogP contribution is 2.28. The minimum absolute atomic E-state index is 0.0109. The number of nitro groups is 1. The molecule has 0 amide bonds. The monoisotopic (exact) mass is 352 g/mol. The smallest absolute Gasteiger partial charge is 0.283 e. The van der Waals surface area contributed by atoms with Crippen LogP contribution >= 0.6 is 15.9 Å². The Labute approximate surface area is 130 Å².